The van der Waals surface area contributed by atoms with E-state index in [4.69, 9.17) is 35.4 Å². The number of aromatic nitrogens is 1. The molecular weight excluding hydrogens is 553 g/mol. The maximum absolute atomic E-state index is 12.7. The van der Waals surface area contributed by atoms with Crippen LogP contribution in [-0.2, 0) is 16.0 Å². The number of thiocarbonyl (C=S) groups is 1. The molecule has 36 heavy (non-hydrogen) atoms. The Hall–Kier alpha value is -2.23. The average Bonchev–Trinajstić information content (AvgIpc) is 3.40. The van der Waals surface area contributed by atoms with Crippen molar-refractivity contribution in [1.29, 1.82) is 0 Å². The van der Waals surface area contributed by atoms with Crippen LogP contribution >= 0.6 is 58.5 Å². The number of nitrogens with one attached hydrogen (secondary N) is 1. The number of hydrogen-bond acceptors (Lipinski definition) is 6. The second kappa shape index (κ2) is 12.8. The quantitative estimate of drug-likeness (QED) is 0.154. The summed E-state index contributed by atoms with van der Waals surface area (Å²) in [5.74, 6) is -0.130. The fraction of sp³-hybridized carbons (Fsp3) is 0.231. The minimum Gasteiger partial charge on any atom is -0.302 e. The van der Waals surface area contributed by atoms with Crippen molar-refractivity contribution in [2.24, 2.45) is 0 Å². The highest BCUT2D eigenvalue weighted by molar-refractivity contribution is 8.26. The van der Waals surface area contributed by atoms with E-state index in [1.165, 1.54) is 23.1 Å². The summed E-state index contributed by atoms with van der Waals surface area (Å²) in [5.41, 5.74) is 2.05. The lowest BCUT2D eigenvalue weighted by Gasteiger charge is -2.14. The molecule has 1 aliphatic heterocycles. The molecule has 2 aromatic carbocycles. The standard InChI is InChI=1S/C26H23Cl2N3O2S3/c27-19-9-5-17(6-10-19)14-21-16-29-25(35-21)30-23(32)4-2-1-3-13-31-24(33)22(36-26(31)34)15-18-7-11-20(28)12-8-18/h5-12,15-16H,1-4,13-14H2,(H,29,30,32)/b22-15+. The highest BCUT2D eigenvalue weighted by Crippen LogP contribution is 2.33. The van der Waals surface area contributed by atoms with Crippen molar-refractivity contribution in [1.82, 2.24) is 9.88 Å². The summed E-state index contributed by atoms with van der Waals surface area (Å²) in [4.78, 5) is 32.7. The van der Waals surface area contributed by atoms with Crippen molar-refractivity contribution in [3.63, 3.8) is 0 Å². The van der Waals surface area contributed by atoms with E-state index in [-0.39, 0.29) is 11.8 Å². The van der Waals surface area contributed by atoms with Crippen LogP contribution in [0.2, 0.25) is 10.0 Å². The maximum atomic E-state index is 12.7. The Morgan fingerprint density at radius 3 is 2.44 bits per heavy atom. The van der Waals surface area contributed by atoms with E-state index < -0.39 is 0 Å². The van der Waals surface area contributed by atoms with Gasteiger partial charge >= 0.3 is 0 Å². The lowest BCUT2D eigenvalue weighted by molar-refractivity contribution is -0.122. The topological polar surface area (TPSA) is 62.3 Å². The first kappa shape index (κ1) is 26.8. The van der Waals surface area contributed by atoms with Crippen molar-refractivity contribution < 1.29 is 9.59 Å². The fourth-order valence-electron chi connectivity index (χ4n) is 3.57. The minimum absolute atomic E-state index is 0.0566. The van der Waals surface area contributed by atoms with Crippen LogP contribution in [0.15, 0.2) is 59.6 Å². The van der Waals surface area contributed by atoms with E-state index in [1.807, 2.05) is 42.5 Å². The molecule has 0 spiro atoms. The molecule has 1 aliphatic rings. The number of thioether (sulfide) groups is 1. The Kier molecular flexibility index (Phi) is 9.56. The van der Waals surface area contributed by atoms with Crippen LogP contribution in [0, 0.1) is 0 Å². The van der Waals surface area contributed by atoms with Crippen LogP contribution in [0.4, 0.5) is 5.13 Å². The molecule has 5 nitrogen and oxygen atoms in total. The molecule has 0 saturated carbocycles. The predicted octanol–water partition coefficient (Wildman–Crippen LogP) is 7.44. The highest BCUT2D eigenvalue weighted by atomic mass is 35.5. The molecule has 1 fully saturated rings. The van der Waals surface area contributed by atoms with E-state index >= 15 is 0 Å². The zero-order valence-electron chi connectivity index (χ0n) is 19.2. The Balaban J connectivity index is 1.16. The SMILES string of the molecule is O=C(CCCCCN1C(=O)/C(=C\c2ccc(Cl)cc2)SC1=S)Nc1ncc(Cc2ccc(Cl)cc2)s1. The number of carbonyl (C=O) groups excluding carboxylic acids is 2. The summed E-state index contributed by atoms with van der Waals surface area (Å²) in [6.07, 6.45) is 7.09. The van der Waals surface area contributed by atoms with Crippen molar-refractivity contribution in [2.75, 3.05) is 11.9 Å². The number of amides is 2. The molecule has 4 rings (SSSR count). The first-order chi connectivity index (χ1) is 17.4. The molecule has 0 bridgehead atoms. The molecule has 1 aromatic heterocycles. The smallest absolute Gasteiger partial charge is 0.266 e. The summed E-state index contributed by atoms with van der Waals surface area (Å²) in [7, 11) is 0. The van der Waals surface area contributed by atoms with E-state index in [0.29, 0.717) is 37.4 Å². The van der Waals surface area contributed by atoms with Gasteiger partial charge in [-0.1, -0.05) is 77.9 Å². The number of nitrogens with zero attached hydrogens (tertiary/aromatic N) is 2. The molecule has 0 radical (unpaired) electrons. The third-order valence-electron chi connectivity index (χ3n) is 5.42. The van der Waals surface area contributed by atoms with Crippen LogP contribution in [0.1, 0.15) is 41.7 Å². The first-order valence-electron chi connectivity index (χ1n) is 11.4. The fourth-order valence-corrected chi connectivity index (χ4v) is 5.99. The molecule has 2 heterocycles. The number of hydrogen-bond donors (Lipinski definition) is 1. The van der Waals surface area contributed by atoms with E-state index in [0.717, 1.165) is 41.7 Å². The molecule has 0 atom stereocenters. The van der Waals surface area contributed by atoms with Gasteiger partial charge in [-0.3, -0.25) is 14.5 Å². The largest absolute Gasteiger partial charge is 0.302 e. The summed E-state index contributed by atoms with van der Waals surface area (Å²) < 4.78 is 0.566. The van der Waals surface area contributed by atoms with Gasteiger partial charge in [-0.05, 0) is 54.3 Å². The molecule has 186 valence electrons. The lowest BCUT2D eigenvalue weighted by atomic mass is 10.1. The second-order valence-corrected chi connectivity index (χ2v) is 11.8. The van der Waals surface area contributed by atoms with Gasteiger partial charge < -0.3 is 5.32 Å². The highest BCUT2D eigenvalue weighted by Gasteiger charge is 2.31. The summed E-state index contributed by atoms with van der Waals surface area (Å²) in [6, 6.07) is 15.0. The normalized spacial score (nSPS) is 14.6. The number of anilines is 1. The monoisotopic (exact) mass is 575 g/mol. The number of benzene rings is 2. The summed E-state index contributed by atoms with van der Waals surface area (Å²) >= 11 is 20.0. The molecule has 1 N–H and O–H groups in total. The van der Waals surface area contributed by atoms with Crippen molar-refractivity contribution in [3.05, 3.63) is 85.7 Å². The van der Waals surface area contributed by atoms with Crippen molar-refractivity contribution in [2.45, 2.75) is 32.1 Å². The molecule has 3 aromatic rings. The van der Waals surface area contributed by atoms with Gasteiger partial charge in [-0.25, -0.2) is 4.98 Å². The van der Waals surface area contributed by atoms with Gasteiger partial charge in [-0.2, -0.15) is 0 Å². The maximum Gasteiger partial charge on any atom is 0.266 e. The number of unbranched alkanes of at least 4 members (excludes halogenated alkanes) is 2. The number of rotatable bonds is 10. The molecule has 2 amide bonds. The summed E-state index contributed by atoms with van der Waals surface area (Å²) in [6.45, 7) is 0.546. The van der Waals surface area contributed by atoms with E-state index in [1.54, 1.807) is 23.2 Å². The van der Waals surface area contributed by atoms with E-state index in [9.17, 15) is 9.59 Å². The van der Waals surface area contributed by atoms with Gasteiger partial charge in [0, 0.05) is 40.5 Å². The number of carbonyl (C=O) groups is 2. The molecular formula is C26H23Cl2N3O2S3. The summed E-state index contributed by atoms with van der Waals surface area (Å²) in [5, 5.41) is 4.84. The molecule has 0 aliphatic carbocycles. The van der Waals surface area contributed by atoms with Crippen LogP contribution in [-0.4, -0.2) is 32.6 Å². The van der Waals surface area contributed by atoms with Crippen LogP contribution in [0.3, 0.4) is 0 Å². The Bertz CT molecular complexity index is 1270. The Morgan fingerprint density at radius 2 is 1.72 bits per heavy atom. The molecule has 0 unspecified atom stereocenters. The van der Waals surface area contributed by atoms with Gasteiger partial charge in [0.05, 0.1) is 4.91 Å². The predicted molar refractivity (Wildman–Crippen MR) is 155 cm³/mol. The van der Waals surface area contributed by atoms with Gasteiger partial charge in [0.25, 0.3) is 5.91 Å². The van der Waals surface area contributed by atoms with Gasteiger partial charge in [0.2, 0.25) is 5.91 Å². The third kappa shape index (κ3) is 7.63. The minimum atomic E-state index is -0.0733. The van der Waals surface area contributed by atoms with Crippen molar-refractivity contribution in [3.8, 4) is 0 Å². The lowest BCUT2D eigenvalue weighted by Crippen LogP contribution is -2.29. The molecule has 10 heteroatoms. The third-order valence-corrected chi connectivity index (χ3v) is 8.21. The first-order valence-corrected chi connectivity index (χ1v) is 14.2. The van der Waals surface area contributed by atoms with Gasteiger partial charge in [-0.15, -0.1) is 11.3 Å². The van der Waals surface area contributed by atoms with Crippen LogP contribution < -0.4 is 5.32 Å². The van der Waals surface area contributed by atoms with Crippen LogP contribution in [0.25, 0.3) is 6.08 Å². The Morgan fingerprint density at radius 1 is 1.03 bits per heavy atom. The van der Waals surface area contributed by atoms with Gasteiger partial charge in [0.1, 0.15) is 4.32 Å². The van der Waals surface area contributed by atoms with E-state index in [2.05, 4.69) is 10.3 Å². The number of halogens is 2. The second-order valence-electron chi connectivity index (χ2n) is 8.18. The van der Waals surface area contributed by atoms with Crippen molar-refractivity contribution >= 4 is 85.9 Å². The van der Waals surface area contributed by atoms with Gasteiger partial charge in [0.15, 0.2) is 5.13 Å². The average molecular weight is 577 g/mol. The zero-order valence-corrected chi connectivity index (χ0v) is 23.2. The molecule has 1 saturated heterocycles. The Labute approximate surface area is 233 Å². The number of thiazole rings is 1. The van der Waals surface area contributed by atoms with Crippen LogP contribution in [0.5, 0.6) is 0 Å². The zero-order chi connectivity index (χ0) is 25.5.